The molecule has 1 unspecified atom stereocenters. The summed E-state index contributed by atoms with van der Waals surface area (Å²) in [6.07, 6.45) is 5.55. The van der Waals surface area contributed by atoms with Gasteiger partial charge >= 0.3 is 5.97 Å². The summed E-state index contributed by atoms with van der Waals surface area (Å²) in [7, 11) is 1.34. The molecule has 2 aliphatic rings. The Morgan fingerprint density at radius 3 is 2.58 bits per heavy atom. The fourth-order valence-electron chi connectivity index (χ4n) is 4.23. The quantitative estimate of drug-likeness (QED) is 0.649. The van der Waals surface area contributed by atoms with Crippen LogP contribution in [0.1, 0.15) is 49.4 Å². The Balaban J connectivity index is 1.71. The maximum absolute atomic E-state index is 12.9. The molecule has 0 spiro atoms. The molecule has 0 saturated carbocycles. The Morgan fingerprint density at radius 2 is 1.88 bits per heavy atom. The molecule has 1 atom stereocenters. The maximum atomic E-state index is 12.9. The zero-order chi connectivity index (χ0) is 23.2. The van der Waals surface area contributed by atoms with Gasteiger partial charge in [0.25, 0.3) is 0 Å². The predicted molar refractivity (Wildman–Crippen MR) is 127 cm³/mol. The highest BCUT2D eigenvalue weighted by Gasteiger charge is 2.33. The Bertz CT molecular complexity index is 1080. The number of pyridine rings is 1. The van der Waals surface area contributed by atoms with E-state index < -0.39 is 12.0 Å². The summed E-state index contributed by atoms with van der Waals surface area (Å²) in [6, 6.07) is 12.2. The van der Waals surface area contributed by atoms with Crippen LogP contribution in [0.4, 0.5) is 0 Å². The first-order valence-corrected chi connectivity index (χ1v) is 11.6. The van der Waals surface area contributed by atoms with Gasteiger partial charge in [-0.1, -0.05) is 35.9 Å². The van der Waals surface area contributed by atoms with E-state index in [1.165, 1.54) is 7.11 Å². The first kappa shape index (κ1) is 23.0. The van der Waals surface area contributed by atoms with Gasteiger partial charge in [0.2, 0.25) is 5.91 Å². The number of aromatic nitrogens is 1. The molecule has 172 valence electrons. The van der Waals surface area contributed by atoms with Crippen LogP contribution in [0, 0.1) is 0 Å². The molecule has 33 heavy (non-hydrogen) atoms. The molecule has 1 saturated heterocycles. The zero-order valence-corrected chi connectivity index (χ0v) is 19.3. The normalized spacial score (nSPS) is 18.4. The Kier molecular flexibility index (Phi) is 7.40. The molecule has 2 aliphatic heterocycles. The molecule has 3 heterocycles. The average molecular weight is 467 g/mol. The topological polar surface area (TPSA) is 83.9 Å². The second kappa shape index (κ2) is 10.6. The molecule has 0 radical (unpaired) electrons. The van der Waals surface area contributed by atoms with Gasteiger partial charge in [-0.25, -0.2) is 4.79 Å². The van der Waals surface area contributed by atoms with Crippen LogP contribution in [0.15, 0.2) is 64.9 Å². The summed E-state index contributed by atoms with van der Waals surface area (Å²) in [5, 5.41) is 3.76. The van der Waals surface area contributed by atoms with Gasteiger partial charge in [0.15, 0.2) is 5.84 Å². The van der Waals surface area contributed by atoms with Gasteiger partial charge in [0.05, 0.1) is 12.7 Å². The van der Waals surface area contributed by atoms with Crippen molar-refractivity contribution in [1.29, 1.82) is 0 Å². The van der Waals surface area contributed by atoms with Crippen LogP contribution in [0.25, 0.3) is 0 Å². The number of ether oxygens (including phenoxy) is 1. The average Bonchev–Trinajstić information content (AvgIpc) is 2.87. The molecule has 1 aromatic heterocycles. The summed E-state index contributed by atoms with van der Waals surface area (Å²) >= 11 is 6.50. The van der Waals surface area contributed by atoms with Crippen molar-refractivity contribution in [2.75, 3.05) is 20.2 Å². The fraction of sp³-hybridized carbons (Fsp3) is 0.360. The third-order valence-corrected chi connectivity index (χ3v) is 6.28. The lowest BCUT2D eigenvalue weighted by atomic mass is 9.93. The number of amides is 1. The second-order valence-corrected chi connectivity index (χ2v) is 8.47. The van der Waals surface area contributed by atoms with Crippen LogP contribution in [-0.4, -0.2) is 47.8 Å². The van der Waals surface area contributed by atoms with E-state index in [1.807, 2.05) is 41.3 Å². The minimum atomic E-state index is -0.676. The lowest BCUT2D eigenvalue weighted by Gasteiger charge is -2.29. The summed E-state index contributed by atoms with van der Waals surface area (Å²) in [6.45, 7) is 1.58. The van der Waals surface area contributed by atoms with Crippen LogP contribution >= 0.6 is 11.6 Å². The van der Waals surface area contributed by atoms with E-state index in [0.717, 1.165) is 32.4 Å². The third-order valence-electron chi connectivity index (χ3n) is 5.94. The van der Waals surface area contributed by atoms with Crippen LogP contribution in [0.2, 0.25) is 5.02 Å². The number of hydrogen-bond donors (Lipinski definition) is 1. The molecule has 8 heteroatoms. The smallest absolute Gasteiger partial charge is 0.338 e. The minimum Gasteiger partial charge on any atom is -0.466 e. The Labute approximate surface area is 198 Å². The van der Waals surface area contributed by atoms with Crippen LogP contribution < -0.4 is 5.32 Å². The molecule has 0 bridgehead atoms. The molecular formula is C25H27ClN4O3. The van der Waals surface area contributed by atoms with Crippen molar-refractivity contribution in [2.24, 2.45) is 4.99 Å². The molecule has 1 amide bonds. The second-order valence-electron chi connectivity index (χ2n) is 8.07. The lowest BCUT2D eigenvalue weighted by molar-refractivity contribution is -0.136. The first-order valence-electron chi connectivity index (χ1n) is 11.2. The molecule has 1 aromatic carbocycles. The van der Waals surface area contributed by atoms with E-state index in [9.17, 15) is 9.59 Å². The van der Waals surface area contributed by atoms with Gasteiger partial charge in [0, 0.05) is 42.0 Å². The van der Waals surface area contributed by atoms with Crippen LogP contribution in [0.5, 0.6) is 0 Å². The number of nitrogens with zero attached hydrogens (tertiary/aromatic N) is 3. The highest BCUT2D eigenvalue weighted by atomic mass is 35.5. The van der Waals surface area contributed by atoms with E-state index in [0.29, 0.717) is 39.8 Å². The highest BCUT2D eigenvalue weighted by molar-refractivity contribution is 6.31. The van der Waals surface area contributed by atoms with Gasteiger partial charge in [-0.2, -0.15) is 0 Å². The summed E-state index contributed by atoms with van der Waals surface area (Å²) in [4.78, 5) is 36.9. The molecule has 7 nitrogen and oxygen atoms in total. The Morgan fingerprint density at radius 1 is 1.12 bits per heavy atom. The van der Waals surface area contributed by atoms with E-state index in [2.05, 4.69) is 10.3 Å². The van der Waals surface area contributed by atoms with Crippen LogP contribution in [-0.2, 0) is 14.3 Å². The first-order chi connectivity index (χ1) is 16.1. The SMILES string of the molecule is COC(=O)C1=C(CCC(=O)N2CCCCC2)NC(c2ccccn2)=NC1c1ccccc1Cl. The molecule has 2 aromatic rings. The molecule has 4 rings (SSSR count). The lowest BCUT2D eigenvalue weighted by Crippen LogP contribution is -2.37. The summed E-state index contributed by atoms with van der Waals surface area (Å²) < 4.78 is 5.12. The molecule has 1 fully saturated rings. The monoisotopic (exact) mass is 466 g/mol. The number of carbonyl (C=O) groups is 2. The number of carbonyl (C=O) groups excluding carboxylic acids is 2. The summed E-state index contributed by atoms with van der Waals surface area (Å²) in [5.74, 6) is 0.106. The number of hydrogen-bond acceptors (Lipinski definition) is 6. The molecular weight excluding hydrogens is 440 g/mol. The van der Waals surface area contributed by atoms with Gasteiger partial charge in [-0.3, -0.25) is 14.8 Å². The minimum absolute atomic E-state index is 0.0874. The van der Waals surface area contributed by atoms with Crippen LogP contribution in [0.3, 0.4) is 0 Å². The number of rotatable bonds is 6. The third kappa shape index (κ3) is 5.25. The maximum Gasteiger partial charge on any atom is 0.338 e. The highest BCUT2D eigenvalue weighted by Crippen LogP contribution is 2.36. The standard InChI is InChI=1S/C25H27ClN4O3/c1-33-25(32)22-19(12-13-21(31)30-15-7-2-8-16-30)28-24(20-11-5-6-14-27-20)29-23(22)17-9-3-4-10-18(17)26/h3-6,9-11,14,23H,2,7-8,12-13,15-16H2,1H3,(H,28,29). The number of esters is 1. The van der Waals surface area contributed by atoms with Crippen molar-refractivity contribution in [3.8, 4) is 0 Å². The van der Waals surface area contributed by atoms with E-state index in [1.54, 1.807) is 12.3 Å². The Hall–Kier alpha value is -3.19. The summed E-state index contributed by atoms with van der Waals surface area (Å²) in [5.41, 5.74) is 2.29. The number of allylic oxidation sites excluding steroid dienone is 1. The van der Waals surface area contributed by atoms with Gasteiger partial charge in [0.1, 0.15) is 11.7 Å². The van der Waals surface area contributed by atoms with E-state index >= 15 is 0 Å². The van der Waals surface area contributed by atoms with Crippen molar-refractivity contribution in [3.05, 3.63) is 76.2 Å². The fourth-order valence-corrected chi connectivity index (χ4v) is 4.47. The number of benzene rings is 1. The van der Waals surface area contributed by atoms with Crippen molar-refractivity contribution in [1.82, 2.24) is 15.2 Å². The number of nitrogens with one attached hydrogen (secondary N) is 1. The van der Waals surface area contributed by atoms with E-state index in [-0.39, 0.29) is 12.3 Å². The predicted octanol–water partition coefficient (Wildman–Crippen LogP) is 4.05. The number of halogens is 1. The van der Waals surface area contributed by atoms with Crippen molar-refractivity contribution in [3.63, 3.8) is 0 Å². The number of aliphatic imine (C=N–C) groups is 1. The van der Waals surface area contributed by atoms with Crippen molar-refractivity contribution >= 4 is 29.3 Å². The van der Waals surface area contributed by atoms with Gasteiger partial charge in [-0.15, -0.1) is 0 Å². The number of methoxy groups -OCH3 is 1. The van der Waals surface area contributed by atoms with Gasteiger partial charge in [-0.05, 0) is 43.9 Å². The number of amidine groups is 1. The molecule has 1 N–H and O–H groups in total. The number of piperidine rings is 1. The van der Waals surface area contributed by atoms with Crippen molar-refractivity contribution < 1.29 is 14.3 Å². The largest absolute Gasteiger partial charge is 0.466 e. The van der Waals surface area contributed by atoms with Gasteiger partial charge < -0.3 is 15.0 Å². The zero-order valence-electron chi connectivity index (χ0n) is 18.6. The number of likely N-dealkylation sites (tertiary alicyclic amines) is 1. The van der Waals surface area contributed by atoms with Crippen molar-refractivity contribution in [2.45, 2.75) is 38.1 Å². The molecule has 0 aliphatic carbocycles. The van der Waals surface area contributed by atoms with E-state index in [4.69, 9.17) is 21.3 Å².